The Kier molecular flexibility index (Phi) is 7.75. The SMILES string of the molecule is Cc1ccc(C(CNC(=O)c2cc(C(C)C)nc3c2c(=O)[nH]c(=O)n3CC(C)C)N2CCOCC2)o1. The first kappa shape index (κ1) is 25.8. The topological polar surface area (TPSA) is 122 Å². The number of aryl methyl sites for hydroxylation is 1. The van der Waals surface area contributed by atoms with Crippen LogP contribution in [0, 0.1) is 12.8 Å². The predicted octanol–water partition coefficient (Wildman–Crippen LogP) is 2.57. The zero-order valence-corrected chi connectivity index (χ0v) is 21.6. The first-order valence-electron chi connectivity index (χ1n) is 12.5. The number of carbonyl (C=O) groups excluding carboxylic acids is 1. The molecular formula is C26H35N5O5. The van der Waals surface area contributed by atoms with Gasteiger partial charge in [-0.25, -0.2) is 9.78 Å². The highest BCUT2D eigenvalue weighted by Gasteiger charge is 2.27. The molecule has 36 heavy (non-hydrogen) atoms. The van der Waals surface area contributed by atoms with Crippen molar-refractivity contribution in [3.63, 3.8) is 0 Å². The standard InChI is InChI=1S/C26H35N5O5/c1-15(2)14-31-23-22(25(33)29-26(31)34)18(12-19(28-23)16(3)4)24(32)27-13-20(21-7-6-17(5)36-21)30-8-10-35-11-9-30/h6-7,12,15-16,20H,8-11,13-14H2,1-5H3,(H,27,32)(H,29,33,34). The van der Waals surface area contributed by atoms with Crippen LogP contribution >= 0.6 is 0 Å². The van der Waals surface area contributed by atoms with E-state index in [0.29, 0.717) is 25.5 Å². The molecule has 194 valence electrons. The van der Waals surface area contributed by atoms with E-state index in [2.05, 4.69) is 20.2 Å². The quantitative estimate of drug-likeness (QED) is 0.490. The summed E-state index contributed by atoms with van der Waals surface area (Å²) < 4.78 is 12.9. The number of hydrogen-bond acceptors (Lipinski definition) is 7. The van der Waals surface area contributed by atoms with Gasteiger partial charge in [-0.1, -0.05) is 27.7 Å². The second kappa shape index (κ2) is 10.8. The molecule has 1 atom stereocenters. The number of ether oxygens (including phenoxy) is 1. The molecule has 1 aliphatic rings. The second-order valence-corrected chi connectivity index (χ2v) is 10.0. The van der Waals surface area contributed by atoms with E-state index in [9.17, 15) is 14.4 Å². The smallest absolute Gasteiger partial charge is 0.330 e. The molecule has 4 heterocycles. The fourth-order valence-electron chi connectivity index (χ4n) is 4.52. The average Bonchev–Trinajstić information content (AvgIpc) is 3.27. The third kappa shape index (κ3) is 5.44. The number of morpholine rings is 1. The minimum absolute atomic E-state index is 0.00460. The highest BCUT2D eigenvalue weighted by atomic mass is 16.5. The van der Waals surface area contributed by atoms with Crippen LogP contribution in [0.3, 0.4) is 0 Å². The van der Waals surface area contributed by atoms with E-state index in [4.69, 9.17) is 9.15 Å². The number of amides is 1. The highest BCUT2D eigenvalue weighted by molar-refractivity contribution is 6.05. The maximum absolute atomic E-state index is 13.6. The van der Waals surface area contributed by atoms with Gasteiger partial charge in [0.1, 0.15) is 11.5 Å². The van der Waals surface area contributed by atoms with Gasteiger partial charge in [-0.2, -0.15) is 0 Å². The van der Waals surface area contributed by atoms with E-state index in [1.165, 1.54) is 4.57 Å². The normalized spacial score (nSPS) is 15.6. The van der Waals surface area contributed by atoms with Crippen molar-refractivity contribution >= 4 is 16.9 Å². The Morgan fingerprint density at radius 1 is 1.17 bits per heavy atom. The van der Waals surface area contributed by atoms with Crippen molar-refractivity contribution in [2.75, 3.05) is 32.8 Å². The molecule has 10 heteroatoms. The number of rotatable bonds is 8. The number of carbonyl (C=O) groups is 1. The summed E-state index contributed by atoms with van der Waals surface area (Å²) in [6.07, 6.45) is 0. The van der Waals surface area contributed by atoms with Crippen LogP contribution in [-0.2, 0) is 11.3 Å². The van der Waals surface area contributed by atoms with E-state index >= 15 is 0 Å². The molecule has 1 saturated heterocycles. The lowest BCUT2D eigenvalue weighted by atomic mass is 10.0. The number of aromatic nitrogens is 3. The number of nitrogens with zero attached hydrogens (tertiary/aromatic N) is 3. The Hall–Kier alpha value is -3.24. The van der Waals surface area contributed by atoms with Gasteiger partial charge >= 0.3 is 5.69 Å². The first-order chi connectivity index (χ1) is 17.2. The lowest BCUT2D eigenvalue weighted by molar-refractivity contribution is 0.0117. The molecule has 2 N–H and O–H groups in total. The number of hydrogen-bond donors (Lipinski definition) is 2. The largest absolute Gasteiger partial charge is 0.465 e. The molecule has 0 aromatic carbocycles. The summed E-state index contributed by atoms with van der Waals surface area (Å²) in [6.45, 7) is 13.1. The zero-order chi connectivity index (χ0) is 26.0. The number of nitrogens with one attached hydrogen (secondary N) is 2. The molecule has 1 amide bonds. The van der Waals surface area contributed by atoms with E-state index in [1.807, 2.05) is 46.8 Å². The molecule has 0 spiro atoms. The Bertz CT molecular complexity index is 1350. The third-order valence-electron chi connectivity index (χ3n) is 6.38. The maximum atomic E-state index is 13.6. The second-order valence-electron chi connectivity index (χ2n) is 10.0. The maximum Gasteiger partial charge on any atom is 0.330 e. The van der Waals surface area contributed by atoms with E-state index < -0.39 is 17.2 Å². The van der Waals surface area contributed by atoms with Gasteiger partial charge in [0, 0.05) is 31.9 Å². The van der Waals surface area contributed by atoms with Crippen LogP contribution in [0.2, 0.25) is 0 Å². The summed E-state index contributed by atoms with van der Waals surface area (Å²) in [4.78, 5) is 48.4. The molecular weight excluding hydrogens is 462 g/mol. The highest BCUT2D eigenvalue weighted by Crippen LogP contribution is 2.24. The van der Waals surface area contributed by atoms with Crippen LogP contribution in [0.1, 0.15) is 67.2 Å². The summed E-state index contributed by atoms with van der Waals surface area (Å²) in [7, 11) is 0. The molecule has 10 nitrogen and oxygen atoms in total. The van der Waals surface area contributed by atoms with Gasteiger partial charge in [0.15, 0.2) is 5.65 Å². The number of furan rings is 1. The van der Waals surface area contributed by atoms with Crippen molar-refractivity contribution in [2.45, 2.75) is 53.1 Å². The van der Waals surface area contributed by atoms with E-state index in [0.717, 1.165) is 24.6 Å². The molecule has 3 aromatic rings. The van der Waals surface area contributed by atoms with Crippen LogP contribution in [0.4, 0.5) is 0 Å². The predicted molar refractivity (Wildman–Crippen MR) is 136 cm³/mol. The number of fused-ring (bicyclic) bond motifs is 1. The van der Waals surface area contributed by atoms with Crippen molar-refractivity contribution in [2.24, 2.45) is 5.92 Å². The van der Waals surface area contributed by atoms with Gasteiger partial charge in [0.05, 0.1) is 30.2 Å². The fraction of sp³-hybridized carbons (Fsp3) is 0.538. The number of H-pyrrole nitrogens is 1. The Morgan fingerprint density at radius 3 is 2.50 bits per heavy atom. The lowest BCUT2D eigenvalue weighted by Crippen LogP contribution is -2.44. The summed E-state index contributed by atoms with van der Waals surface area (Å²) in [6, 6.07) is 5.31. The molecule has 1 fully saturated rings. The summed E-state index contributed by atoms with van der Waals surface area (Å²) in [5.41, 5.74) is -0.0589. The van der Waals surface area contributed by atoms with Gasteiger partial charge in [0.2, 0.25) is 0 Å². The average molecular weight is 498 g/mol. The van der Waals surface area contributed by atoms with Gasteiger partial charge in [-0.3, -0.25) is 24.0 Å². The van der Waals surface area contributed by atoms with E-state index in [1.54, 1.807) is 6.07 Å². The summed E-state index contributed by atoms with van der Waals surface area (Å²) >= 11 is 0. The monoisotopic (exact) mass is 497 g/mol. The van der Waals surface area contributed by atoms with Gasteiger partial charge < -0.3 is 14.5 Å². The number of aromatic amines is 1. The Labute approximate surface area is 209 Å². The Balaban J connectivity index is 1.73. The van der Waals surface area contributed by atoms with Crippen molar-refractivity contribution in [1.29, 1.82) is 0 Å². The molecule has 1 aliphatic heterocycles. The van der Waals surface area contributed by atoms with Crippen LogP contribution in [0.25, 0.3) is 11.0 Å². The van der Waals surface area contributed by atoms with Crippen LogP contribution in [0.5, 0.6) is 0 Å². The van der Waals surface area contributed by atoms with Gasteiger partial charge in [-0.05, 0) is 37.0 Å². The zero-order valence-electron chi connectivity index (χ0n) is 21.6. The fourth-order valence-corrected chi connectivity index (χ4v) is 4.52. The molecule has 0 saturated carbocycles. The van der Waals surface area contributed by atoms with Crippen LogP contribution in [0.15, 0.2) is 32.2 Å². The molecule has 0 aliphatic carbocycles. The summed E-state index contributed by atoms with van der Waals surface area (Å²) in [5, 5.41) is 3.13. The lowest BCUT2D eigenvalue weighted by Gasteiger charge is -2.33. The van der Waals surface area contributed by atoms with Crippen molar-refractivity contribution < 1.29 is 13.9 Å². The minimum atomic E-state index is -0.616. The Morgan fingerprint density at radius 2 is 1.89 bits per heavy atom. The molecule has 3 aromatic heterocycles. The first-order valence-corrected chi connectivity index (χ1v) is 12.5. The minimum Gasteiger partial charge on any atom is -0.465 e. The van der Waals surface area contributed by atoms with Crippen LogP contribution < -0.4 is 16.6 Å². The molecule has 4 rings (SSSR count). The summed E-state index contributed by atoms with van der Waals surface area (Å²) in [5.74, 6) is 1.30. The number of pyridine rings is 1. The van der Waals surface area contributed by atoms with Crippen LogP contribution in [-0.4, -0.2) is 58.2 Å². The molecule has 0 bridgehead atoms. The van der Waals surface area contributed by atoms with Crippen molar-refractivity contribution in [3.05, 3.63) is 61.8 Å². The van der Waals surface area contributed by atoms with E-state index in [-0.39, 0.29) is 41.0 Å². The van der Waals surface area contributed by atoms with Gasteiger partial charge in [-0.15, -0.1) is 0 Å². The third-order valence-corrected chi connectivity index (χ3v) is 6.38. The van der Waals surface area contributed by atoms with Crippen molar-refractivity contribution in [3.8, 4) is 0 Å². The molecule has 1 unspecified atom stereocenters. The molecule has 0 radical (unpaired) electrons. The van der Waals surface area contributed by atoms with Gasteiger partial charge in [0.25, 0.3) is 11.5 Å². The van der Waals surface area contributed by atoms with Crippen molar-refractivity contribution in [1.82, 2.24) is 24.8 Å².